The maximum Gasteiger partial charge on any atom is 0.148 e. The summed E-state index contributed by atoms with van der Waals surface area (Å²) in [4.78, 5) is 0. The average molecular weight is 397 g/mol. The third-order valence-corrected chi connectivity index (χ3v) is 3.88. The van der Waals surface area contributed by atoms with Gasteiger partial charge in [-0.25, -0.2) is 0 Å². The summed E-state index contributed by atoms with van der Waals surface area (Å²) in [6.45, 7) is 0.383. The Morgan fingerprint density at radius 2 is 1.65 bits per heavy atom. The molecule has 2 aromatic carbocycles. The van der Waals surface area contributed by atoms with Gasteiger partial charge in [-0.05, 0) is 67.3 Å². The molecule has 102 valence electrons. The Balaban J connectivity index is 2.12. The number of nitriles is 1. The van der Waals surface area contributed by atoms with Crippen molar-refractivity contribution in [3.05, 3.63) is 62.0 Å². The fourth-order valence-electron chi connectivity index (χ4n) is 1.67. The number of benzene rings is 2. The van der Waals surface area contributed by atoms with E-state index in [0.29, 0.717) is 17.9 Å². The molecular formula is C15H11Br2NO2. The molecule has 0 aliphatic rings. The third-order valence-electron chi connectivity index (χ3n) is 2.71. The van der Waals surface area contributed by atoms with Crippen LogP contribution in [0.5, 0.6) is 5.75 Å². The summed E-state index contributed by atoms with van der Waals surface area (Å²) in [5.74, 6) is 0.687. The molecule has 0 fully saturated rings. The molecule has 0 aromatic heterocycles. The molecule has 0 aliphatic carbocycles. The lowest BCUT2D eigenvalue weighted by Gasteiger charge is -2.11. The number of halogens is 2. The van der Waals surface area contributed by atoms with E-state index in [-0.39, 0.29) is 6.61 Å². The van der Waals surface area contributed by atoms with E-state index in [0.717, 1.165) is 20.1 Å². The van der Waals surface area contributed by atoms with Gasteiger partial charge in [-0.15, -0.1) is 0 Å². The minimum absolute atomic E-state index is 0.0207. The summed E-state index contributed by atoms with van der Waals surface area (Å²) in [5.41, 5.74) is 2.41. The Hall–Kier alpha value is -1.35. The molecule has 0 radical (unpaired) electrons. The van der Waals surface area contributed by atoms with E-state index in [9.17, 15) is 0 Å². The molecular weight excluding hydrogens is 386 g/mol. The van der Waals surface area contributed by atoms with Crippen molar-refractivity contribution in [2.24, 2.45) is 0 Å². The van der Waals surface area contributed by atoms with Crippen molar-refractivity contribution < 1.29 is 9.84 Å². The number of aliphatic hydroxyl groups is 1. The Labute approximate surface area is 134 Å². The third kappa shape index (κ3) is 3.60. The van der Waals surface area contributed by atoms with E-state index in [1.807, 2.05) is 24.3 Å². The normalized spacial score (nSPS) is 10.1. The standard InChI is InChI=1S/C15H11Br2NO2/c16-13-5-12(8-19)6-14(17)15(13)20-9-11-3-1-10(7-18)2-4-11/h1-6,19H,8-9H2. The van der Waals surface area contributed by atoms with Crippen LogP contribution in [0.25, 0.3) is 0 Å². The molecule has 2 aromatic rings. The van der Waals surface area contributed by atoms with Gasteiger partial charge in [0.25, 0.3) is 0 Å². The van der Waals surface area contributed by atoms with Crippen LogP contribution in [-0.4, -0.2) is 5.11 Å². The molecule has 0 heterocycles. The van der Waals surface area contributed by atoms with Gasteiger partial charge in [0.15, 0.2) is 0 Å². The summed E-state index contributed by atoms with van der Waals surface area (Å²) < 4.78 is 7.33. The van der Waals surface area contributed by atoms with Crippen LogP contribution in [-0.2, 0) is 13.2 Å². The molecule has 2 rings (SSSR count). The van der Waals surface area contributed by atoms with Crippen molar-refractivity contribution in [1.82, 2.24) is 0 Å². The molecule has 20 heavy (non-hydrogen) atoms. The molecule has 0 spiro atoms. The van der Waals surface area contributed by atoms with Crippen molar-refractivity contribution in [2.45, 2.75) is 13.2 Å². The van der Waals surface area contributed by atoms with Crippen LogP contribution in [0.1, 0.15) is 16.7 Å². The maximum atomic E-state index is 9.13. The van der Waals surface area contributed by atoms with E-state index in [4.69, 9.17) is 15.1 Å². The van der Waals surface area contributed by atoms with E-state index >= 15 is 0 Å². The highest BCUT2D eigenvalue weighted by Gasteiger charge is 2.09. The highest BCUT2D eigenvalue weighted by molar-refractivity contribution is 9.11. The summed E-state index contributed by atoms with van der Waals surface area (Å²) in [5, 5.41) is 17.9. The van der Waals surface area contributed by atoms with Crippen LogP contribution >= 0.6 is 31.9 Å². The molecule has 0 amide bonds. The van der Waals surface area contributed by atoms with Crippen molar-refractivity contribution in [3.8, 4) is 11.8 Å². The van der Waals surface area contributed by atoms with Gasteiger partial charge in [0, 0.05) is 0 Å². The first-order valence-corrected chi connectivity index (χ1v) is 7.43. The zero-order chi connectivity index (χ0) is 14.5. The summed E-state index contributed by atoms with van der Waals surface area (Å²) in [6, 6.07) is 13.0. The van der Waals surface area contributed by atoms with Crippen LogP contribution < -0.4 is 4.74 Å². The molecule has 0 unspecified atom stereocenters. The number of hydrogen-bond donors (Lipinski definition) is 1. The molecule has 5 heteroatoms. The van der Waals surface area contributed by atoms with Crippen molar-refractivity contribution in [2.75, 3.05) is 0 Å². The highest BCUT2D eigenvalue weighted by atomic mass is 79.9. The first-order valence-electron chi connectivity index (χ1n) is 5.84. The van der Waals surface area contributed by atoms with E-state index < -0.39 is 0 Å². The highest BCUT2D eigenvalue weighted by Crippen LogP contribution is 2.35. The average Bonchev–Trinajstić information content (AvgIpc) is 2.46. The Morgan fingerprint density at radius 3 is 2.15 bits per heavy atom. The monoisotopic (exact) mass is 395 g/mol. The van der Waals surface area contributed by atoms with Gasteiger partial charge in [-0.3, -0.25) is 0 Å². The second-order valence-corrected chi connectivity index (χ2v) is 5.85. The number of rotatable bonds is 4. The minimum atomic E-state index is -0.0207. The quantitative estimate of drug-likeness (QED) is 0.844. The van der Waals surface area contributed by atoms with Crippen molar-refractivity contribution in [1.29, 1.82) is 5.26 Å². The van der Waals surface area contributed by atoms with E-state index in [1.54, 1.807) is 12.1 Å². The van der Waals surface area contributed by atoms with Gasteiger partial charge in [-0.2, -0.15) is 5.26 Å². The minimum Gasteiger partial charge on any atom is -0.487 e. The Kier molecular flexibility index (Phi) is 5.18. The van der Waals surface area contributed by atoms with Crippen LogP contribution in [0.15, 0.2) is 45.3 Å². The number of ether oxygens (including phenoxy) is 1. The summed E-state index contributed by atoms with van der Waals surface area (Å²) in [7, 11) is 0. The molecule has 0 saturated carbocycles. The van der Waals surface area contributed by atoms with E-state index in [2.05, 4.69) is 37.9 Å². The van der Waals surface area contributed by atoms with Gasteiger partial charge in [-0.1, -0.05) is 12.1 Å². The van der Waals surface area contributed by atoms with Gasteiger partial charge < -0.3 is 9.84 Å². The van der Waals surface area contributed by atoms with Gasteiger partial charge in [0.05, 0.1) is 27.2 Å². The second kappa shape index (κ2) is 6.89. The van der Waals surface area contributed by atoms with E-state index in [1.165, 1.54) is 0 Å². The molecule has 0 atom stereocenters. The van der Waals surface area contributed by atoms with Gasteiger partial charge in [0.1, 0.15) is 12.4 Å². The zero-order valence-electron chi connectivity index (χ0n) is 10.4. The Bertz CT molecular complexity index is 625. The van der Waals surface area contributed by atoms with Crippen LogP contribution in [0.4, 0.5) is 0 Å². The maximum absolute atomic E-state index is 9.13. The molecule has 3 nitrogen and oxygen atoms in total. The smallest absolute Gasteiger partial charge is 0.148 e. The topological polar surface area (TPSA) is 53.2 Å². The van der Waals surface area contributed by atoms with Crippen LogP contribution in [0.2, 0.25) is 0 Å². The van der Waals surface area contributed by atoms with Crippen LogP contribution in [0, 0.1) is 11.3 Å². The fourth-order valence-corrected chi connectivity index (χ4v) is 3.18. The van der Waals surface area contributed by atoms with Crippen molar-refractivity contribution in [3.63, 3.8) is 0 Å². The first kappa shape index (κ1) is 15.0. The molecule has 0 aliphatic heterocycles. The fraction of sp³-hybridized carbons (Fsp3) is 0.133. The molecule has 0 saturated heterocycles. The summed E-state index contributed by atoms with van der Waals surface area (Å²) >= 11 is 6.85. The second-order valence-electron chi connectivity index (χ2n) is 4.14. The lowest BCUT2D eigenvalue weighted by atomic mass is 10.1. The predicted molar refractivity (Wildman–Crippen MR) is 83.3 cm³/mol. The zero-order valence-corrected chi connectivity index (χ0v) is 13.6. The van der Waals surface area contributed by atoms with Crippen LogP contribution in [0.3, 0.4) is 0 Å². The predicted octanol–water partition coefficient (Wildman–Crippen LogP) is 4.15. The molecule has 0 bridgehead atoms. The number of aliphatic hydroxyl groups excluding tert-OH is 1. The lowest BCUT2D eigenvalue weighted by Crippen LogP contribution is -1.98. The molecule has 1 N–H and O–H groups in total. The Morgan fingerprint density at radius 1 is 1.05 bits per heavy atom. The SMILES string of the molecule is N#Cc1ccc(COc2c(Br)cc(CO)cc2Br)cc1. The summed E-state index contributed by atoms with van der Waals surface area (Å²) in [6.07, 6.45) is 0. The van der Waals surface area contributed by atoms with Crippen molar-refractivity contribution >= 4 is 31.9 Å². The largest absolute Gasteiger partial charge is 0.487 e. The first-order chi connectivity index (χ1) is 9.63. The van der Waals surface area contributed by atoms with Gasteiger partial charge in [0.2, 0.25) is 0 Å². The van der Waals surface area contributed by atoms with Gasteiger partial charge >= 0.3 is 0 Å². The lowest BCUT2D eigenvalue weighted by molar-refractivity contribution is 0.280. The number of nitrogens with zero attached hydrogens (tertiary/aromatic N) is 1. The number of hydrogen-bond acceptors (Lipinski definition) is 3.